The molecule has 7 nitrogen and oxygen atoms in total. The van der Waals surface area contributed by atoms with Crippen LogP contribution in [-0.2, 0) is 11.8 Å². The zero-order chi connectivity index (χ0) is 21.3. The van der Waals surface area contributed by atoms with Crippen LogP contribution >= 0.6 is 7.07 Å². The molecule has 150 valence electrons. The van der Waals surface area contributed by atoms with Crippen LogP contribution in [0.3, 0.4) is 0 Å². The number of hydrogen-bond acceptors (Lipinski definition) is 5. The first-order valence-electron chi connectivity index (χ1n) is 8.90. The van der Waals surface area contributed by atoms with Crippen molar-refractivity contribution in [3.63, 3.8) is 0 Å². The Labute approximate surface area is 176 Å². The molecule has 0 aliphatic rings. The lowest BCUT2D eigenvalue weighted by atomic mass is 10.2. The van der Waals surface area contributed by atoms with Crippen molar-refractivity contribution in [1.29, 1.82) is 0 Å². The second kappa shape index (κ2) is 10.6. The van der Waals surface area contributed by atoms with Gasteiger partial charge in [0.1, 0.15) is 5.75 Å². The van der Waals surface area contributed by atoms with Crippen LogP contribution in [0.1, 0.15) is 31.4 Å². The Balaban J connectivity index is 1.96. The molecule has 2 aromatic carbocycles. The molecule has 0 N–H and O–H groups in total. The molecule has 0 aliphatic heterocycles. The molecule has 0 saturated heterocycles. The van der Waals surface area contributed by atoms with E-state index in [1.54, 1.807) is 43.2 Å². The molecule has 2 unspecified atom stereocenters. The van der Waals surface area contributed by atoms with E-state index in [0.717, 1.165) is 11.1 Å². The standard InChI is InChI=1S/C20H23N5O2PS/c1-5-16-7-13-19(14-8-16)27-28(29)25(4)22-15-17-9-11-18(12-10-17)26-20(3,6-2)23-24-21/h5,7-15H,1,6H2,2-4H3/q+1/b22-15+. The highest BCUT2D eigenvalue weighted by atomic mass is 32.4. The van der Waals surface area contributed by atoms with Gasteiger partial charge in [-0.3, -0.25) is 4.52 Å². The first kappa shape index (κ1) is 22.4. The Morgan fingerprint density at radius 2 is 1.76 bits per heavy atom. The number of hydrazone groups is 1. The molecule has 0 bridgehead atoms. The van der Waals surface area contributed by atoms with Crippen LogP contribution in [-0.4, -0.2) is 23.8 Å². The summed E-state index contributed by atoms with van der Waals surface area (Å²) in [6.07, 6.45) is 4.03. The number of rotatable bonds is 10. The van der Waals surface area contributed by atoms with Gasteiger partial charge in [0.05, 0.1) is 13.3 Å². The van der Waals surface area contributed by atoms with Crippen molar-refractivity contribution in [2.24, 2.45) is 10.2 Å². The number of azide groups is 1. The second-order valence-corrected chi connectivity index (χ2v) is 8.40. The lowest BCUT2D eigenvalue weighted by Gasteiger charge is -2.23. The summed E-state index contributed by atoms with van der Waals surface area (Å²) in [5.74, 6) is 1.31. The summed E-state index contributed by atoms with van der Waals surface area (Å²) in [7, 11) is 0.437. The van der Waals surface area contributed by atoms with Crippen LogP contribution in [0.25, 0.3) is 16.5 Å². The average Bonchev–Trinajstić information content (AvgIpc) is 2.73. The summed E-state index contributed by atoms with van der Waals surface area (Å²) in [6, 6.07) is 14.9. The zero-order valence-corrected chi connectivity index (χ0v) is 18.3. The second-order valence-electron chi connectivity index (χ2n) is 6.23. The van der Waals surface area contributed by atoms with Gasteiger partial charge in [-0.05, 0) is 71.5 Å². The lowest BCUT2D eigenvalue weighted by molar-refractivity contribution is 0.0921. The van der Waals surface area contributed by atoms with E-state index in [-0.39, 0.29) is 0 Å². The maximum absolute atomic E-state index is 8.67. The first-order chi connectivity index (χ1) is 13.9. The van der Waals surface area contributed by atoms with E-state index >= 15 is 0 Å². The highest BCUT2D eigenvalue weighted by Crippen LogP contribution is 2.30. The summed E-state index contributed by atoms with van der Waals surface area (Å²) in [6.45, 7) is 7.37. The SMILES string of the molecule is C=Cc1ccc(O[P+](=S)N(C)/N=C/c2ccc(OC(C)(CC)N=[N+]=[N-])cc2)cc1. The molecule has 0 spiro atoms. The largest absolute Gasteiger partial charge is 0.540 e. The smallest absolute Gasteiger partial charge is 0.481 e. The Bertz CT molecular complexity index is 927. The van der Waals surface area contributed by atoms with Gasteiger partial charge in [-0.15, -0.1) is 5.10 Å². The van der Waals surface area contributed by atoms with Crippen LogP contribution in [0.5, 0.6) is 11.5 Å². The number of hydrogen-bond donors (Lipinski definition) is 0. The van der Waals surface area contributed by atoms with Crippen molar-refractivity contribution >= 4 is 31.2 Å². The van der Waals surface area contributed by atoms with E-state index in [9.17, 15) is 0 Å². The highest BCUT2D eigenvalue weighted by molar-refractivity contribution is 8.02. The van der Waals surface area contributed by atoms with Crippen LogP contribution in [0.4, 0.5) is 0 Å². The molecular weight excluding hydrogens is 405 g/mol. The summed E-state index contributed by atoms with van der Waals surface area (Å²) in [5.41, 5.74) is 9.65. The van der Waals surface area contributed by atoms with Crippen LogP contribution in [0, 0.1) is 0 Å². The molecule has 2 rings (SSSR count). The Kier molecular flexibility index (Phi) is 8.16. The third-order valence-corrected chi connectivity index (χ3v) is 5.92. The normalized spacial score (nSPS) is 13.1. The maximum Gasteiger partial charge on any atom is 0.540 e. The summed E-state index contributed by atoms with van der Waals surface area (Å²) >= 11 is 5.41. The van der Waals surface area contributed by atoms with Gasteiger partial charge in [0.15, 0.2) is 11.5 Å². The fourth-order valence-electron chi connectivity index (χ4n) is 2.14. The predicted molar refractivity (Wildman–Crippen MR) is 122 cm³/mol. The summed E-state index contributed by atoms with van der Waals surface area (Å²) in [5, 5.41) is 8.07. The van der Waals surface area contributed by atoms with Gasteiger partial charge in [0.2, 0.25) is 11.8 Å². The molecule has 0 aliphatic carbocycles. The maximum atomic E-state index is 8.67. The van der Waals surface area contributed by atoms with Gasteiger partial charge >= 0.3 is 7.07 Å². The van der Waals surface area contributed by atoms with E-state index in [4.69, 9.17) is 26.6 Å². The van der Waals surface area contributed by atoms with E-state index in [1.807, 2.05) is 43.3 Å². The molecule has 9 heteroatoms. The van der Waals surface area contributed by atoms with Gasteiger partial charge < -0.3 is 4.74 Å². The molecular formula is C20H23N5O2PS+. The monoisotopic (exact) mass is 428 g/mol. The van der Waals surface area contributed by atoms with Crippen LogP contribution < -0.4 is 9.26 Å². The van der Waals surface area contributed by atoms with Gasteiger partial charge in [0.25, 0.3) is 0 Å². The van der Waals surface area contributed by atoms with Gasteiger partial charge in [-0.25, -0.2) is 0 Å². The Hall–Kier alpha value is -2.92. The molecule has 0 amide bonds. The minimum atomic E-state index is -1.34. The lowest BCUT2D eigenvalue weighted by Crippen LogP contribution is -2.28. The fourth-order valence-corrected chi connectivity index (χ4v) is 3.08. The van der Waals surface area contributed by atoms with E-state index in [1.165, 1.54) is 0 Å². The van der Waals surface area contributed by atoms with Crippen molar-refractivity contribution in [2.75, 3.05) is 7.05 Å². The molecule has 2 aromatic rings. The van der Waals surface area contributed by atoms with Gasteiger partial charge in [0, 0.05) is 4.91 Å². The zero-order valence-electron chi connectivity index (χ0n) is 16.6. The third-order valence-electron chi connectivity index (χ3n) is 4.04. The average molecular weight is 428 g/mol. The first-order valence-corrected chi connectivity index (χ1v) is 11.1. The molecule has 2 atom stereocenters. The minimum Gasteiger partial charge on any atom is -0.481 e. The fraction of sp³-hybridized carbons (Fsp3) is 0.250. The van der Waals surface area contributed by atoms with Crippen molar-refractivity contribution in [2.45, 2.75) is 26.0 Å². The van der Waals surface area contributed by atoms with Crippen molar-refractivity contribution in [3.8, 4) is 11.5 Å². The minimum absolute atomic E-state index is 0.559. The van der Waals surface area contributed by atoms with E-state index in [2.05, 4.69) is 21.7 Å². The number of nitrogens with zero attached hydrogens (tertiary/aromatic N) is 5. The van der Waals surface area contributed by atoms with Crippen LogP contribution in [0.2, 0.25) is 0 Å². The molecule has 0 aromatic heterocycles. The molecule has 0 fully saturated rings. The highest BCUT2D eigenvalue weighted by Gasteiger charge is 2.22. The van der Waals surface area contributed by atoms with Crippen molar-refractivity contribution < 1.29 is 9.26 Å². The Morgan fingerprint density at radius 3 is 2.31 bits per heavy atom. The Morgan fingerprint density at radius 1 is 1.17 bits per heavy atom. The van der Waals surface area contributed by atoms with Crippen LogP contribution in [0.15, 0.2) is 65.3 Å². The number of benzene rings is 2. The quantitative estimate of drug-likeness (QED) is 0.112. The van der Waals surface area contributed by atoms with E-state index in [0.29, 0.717) is 17.9 Å². The van der Waals surface area contributed by atoms with Crippen molar-refractivity contribution in [1.82, 2.24) is 4.78 Å². The van der Waals surface area contributed by atoms with Crippen molar-refractivity contribution in [3.05, 3.63) is 76.7 Å². The van der Waals surface area contributed by atoms with Gasteiger partial charge in [-0.2, -0.15) is 0 Å². The van der Waals surface area contributed by atoms with Gasteiger partial charge in [-0.1, -0.05) is 36.5 Å². The predicted octanol–water partition coefficient (Wildman–Crippen LogP) is 6.26. The summed E-state index contributed by atoms with van der Waals surface area (Å²) in [4.78, 5) is 2.85. The molecule has 29 heavy (non-hydrogen) atoms. The molecule has 0 heterocycles. The molecule has 0 saturated carbocycles. The van der Waals surface area contributed by atoms with E-state index < -0.39 is 12.8 Å². The number of ether oxygens (including phenoxy) is 1. The topological polar surface area (TPSA) is 82.8 Å². The molecule has 0 radical (unpaired) electrons. The third kappa shape index (κ3) is 6.88. The summed E-state index contributed by atoms with van der Waals surface area (Å²) < 4.78 is 13.2.